The van der Waals surface area contributed by atoms with Gasteiger partial charge < -0.3 is 10.5 Å². The number of thioether (sulfide) groups is 1. The quantitative estimate of drug-likeness (QED) is 0.545. The molecule has 2 N–H and O–H groups in total. The van der Waals surface area contributed by atoms with E-state index in [1.54, 1.807) is 12.0 Å². The number of rotatable bonds is 7. The zero-order valence-electron chi connectivity index (χ0n) is 18.3. The van der Waals surface area contributed by atoms with E-state index in [9.17, 15) is 4.79 Å². The van der Waals surface area contributed by atoms with E-state index in [2.05, 4.69) is 18.2 Å². The predicted molar refractivity (Wildman–Crippen MR) is 128 cm³/mol. The van der Waals surface area contributed by atoms with Gasteiger partial charge in [0, 0.05) is 24.2 Å². The van der Waals surface area contributed by atoms with Gasteiger partial charge >= 0.3 is 6.03 Å². The molecule has 0 saturated heterocycles. The molecule has 0 atom stereocenters. The molecule has 2 heterocycles. The van der Waals surface area contributed by atoms with Crippen molar-refractivity contribution in [1.29, 1.82) is 0 Å². The number of urea groups is 1. The third-order valence-electron chi connectivity index (χ3n) is 6.44. The van der Waals surface area contributed by atoms with Crippen LogP contribution >= 0.6 is 11.8 Å². The Balaban J connectivity index is 1.59. The molecule has 2 aliphatic rings. The number of ether oxygens (including phenoxy) is 1. The van der Waals surface area contributed by atoms with Crippen LogP contribution in [0.2, 0.25) is 0 Å². The summed E-state index contributed by atoms with van der Waals surface area (Å²) >= 11 is 1.82. The van der Waals surface area contributed by atoms with Crippen LogP contribution in [-0.2, 0) is 29.4 Å². The molecule has 3 aromatic rings. The molecule has 166 valence electrons. The molecule has 0 spiro atoms. The van der Waals surface area contributed by atoms with E-state index in [-0.39, 0.29) is 0 Å². The van der Waals surface area contributed by atoms with Crippen LogP contribution in [0.15, 0.2) is 48.5 Å². The number of hydrogen-bond donors (Lipinski definition) is 1. The minimum atomic E-state index is -0.460. The number of hydrogen-bond acceptors (Lipinski definition) is 4. The van der Waals surface area contributed by atoms with Crippen LogP contribution in [0.5, 0.6) is 0 Å². The summed E-state index contributed by atoms with van der Waals surface area (Å²) in [5.41, 5.74) is 12.6. The number of primary amides is 1. The molecule has 0 unspecified atom stereocenters. The van der Waals surface area contributed by atoms with Gasteiger partial charge in [0.05, 0.1) is 24.5 Å². The molecular weight excluding hydrogens is 420 g/mol. The van der Waals surface area contributed by atoms with Gasteiger partial charge in [0.15, 0.2) is 0 Å². The van der Waals surface area contributed by atoms with Crippen LogP contribution in [0, 0.1) is 0 Å². The Morgan fingerprint density at radius 1 is 1.22 bits per heavy atom. The van der Waals surface area contributed by atoms with Crippen molar-refractivity contribution in [3.63, 3.8) is 0 Å². The maximum atomic E-state index is 12.8. The average Bonchev–Trinajstić information content (AvgIpc) is 3.34. The molecule has 0 bridgehead atoms. The van der Waals surface area contributed by atoms with Gasteiger partial charge in [-0.15, -0.1) is 0 Å². The fourth-order valence-corrected chi connectivity index (χ4v) is 5.65. The molecule has 1 fully saturated rings. The maximum Gasteiger partial charge on any atom is 0.320 e. The standard InChI is InChI=1S/C25H28N4O2S/c1-31-14-17-10-11-21(18-6-5-7-18)19(12-17)13-28(25(26)30)24-22-15-32-16-23(22)27-29(24)20-8-3-2-4-9-20/h2-4,8-12,18H,5-7,13-16H2,1H3,(H2,26,30). The molecule has 5 rings (SSSR count). The number of anilines is 1. The zero-order chi connectivity index (χ0) is 22.1. The van der Waals surface area contributed by atoms with Gasteiger partial charge in [-0.2, -0.15) is 16.9 Å². The van der Waals surface area contributed by atoms with Crippen molar-refractivity contribution < 1.29 is 9.53 Å². The predicted octanol–water partition coefficient (Wildman–Crippen LogP) is 5.12. The highest BCUT2D eigenvalue weighted by atomic mass is 32.2. The fourth-order valence-electron chi connectivity index (χ4n) is 4.62. The average molecular weight is 449 g/mol. The second kappa shape index (κ2) is 9.00. The first-order valence-corrected chi connectivity index (χ1v) is 12.2. The van der Waals surface area contributed by atoms with Gasteiger partial charge in [0.1, 0.15) is 5.82 Å². The number of amides is 2. The first-order valence-electron chi connectivity index (χ1n) is 11.1. The van der Waals surface area contributed by atoms with Crippen molar-refractivity contribution in [3.05, 3.63) is 76.5 Å². The summed E-state index contributed by atoms with van der Waals surface area (Å²) in [6.07, 6.45) is 3.65. The lowest BCUT2D eigenvalue weighted by molar-refractivity contribution is 0.185. The summed E-state index contributed by atoms with van der Waals surface area (Å²) in [6.45, 7) is 0.969. The number of para-hydroxylation sites is 1. The molecule has 1 saturated carbocycles. The van der Waals surface area contributed by atoms with Crippen molar-refractivity contribution >= 4 is 23.6 Å². The molecular formula is C25H28N4O2S. The maximum absolute atomic E-state index is 12.8. The second-order valence-corrected chi connectivity index (χ2v) is 9.49. The molecule has 2 amide bonds. The topological polar surface area (TPSA) is 73.4 Å². The molecule has 32 heavy (non-hydrogen) atoms. The van der Waals surface area contributed by atoms with Crippen molar-refractivity contribution in [3.8, 4) is 5.69 Å². The summed E-state index contributed by atoms with van der Waals surface area (Å²) in [5.74, 6) is 3.03. The normalized spacial score (nSPS) is 15.4. The Bertz CT molecular complexity index is 1120. The molecule has 6 nitrogen and oxygen atoms in total. The summed E-state index contributed by atoms with van der Waals surface area (Å²) < 4.78 is 7.25. The first kappa shape index (κ1) is 21.1. The van der Waals surface area contributed by atoms with Crippen molar-refractivity contribution in [1.82, 2.24) is 9.78 Å². The third kappa shape index (κ3) is 3.91. The number of nitrogens with zero attached hydrogens (tertiary/aromatic N) is 3. The van der Waals surface area contributed by atoms with E-state index in [0.29, 0.717) is 19.1 Å². The summed E-state index contributed by atoms with van der Waals surface area (Å²) in [6, 6.07) is 16.0. The van der Waals surface area contributed by atoms with Crippen LogP contribution in [0.4, 0.5) is 10.6 Å². The molecule has 7 heteroatoms. The van der Waals surface area contributed by atoms with Crippen LogP contribution in [0.1, 0.15) is 53.1 Å². The highest BCUT2D eigenvalue weighted by molar-refractivity contribution is 7.98. The summed E-state index contributed by atoms with van der Waals surface area (Å²) in [4.78, 5) is 14.5. The van der Waals surface area contributed by atoms with Gasteiger partial charge in [0.2, 0.25) is 0 Å². The van der Waals surface area contributed by atoms with Gasteiger partial charge in [-0.1, -0.05) is 42.8 Å². The smallest absolute Gasteiger partial charge is 0.320 e. The number of fused-ring (bicyclic) bond motifs is 1. The monoisotopic (exact) mass is 448 g/mol. The largest absolute Gasteiger partial charge is 0.380 e. The van der Waals surface area contributed by atoms with Crippen LogP contribution in [-0.4, -0.2) is 22.9 Å². The van der Waals surface area contributed by atoms with Gasteiger partial charge in [0.25, 0.3) is 0 Å². The number of benzene rings is 2. The Morgan fingerprint density at radius 2 is 2.03 bits per heavy atom. The Kier molecular flexibility index (Phi) is 5.93. The van der Waals surface area contributed by atoms with E-state index in [4.69, 9.17) is 15.6 Å². The fraction of sp³-hybridized carbons (Fsp3) is 0.360. The van der Waals surface area contributed by atoms with Gasteiger partial charge in [-0.05, 0) is 47.6 Å². The molecule has 0 radical (unpaired) electrons. The first-order chi connectivity index (χ1) is 15.7. The zero-order valence-corrected chi connectivity index (χ0v) is 19.1. The second-order valence-electron chi connectivity index (χ2n) is 8.51. The molecule has 1 aromatic heterocycles. The highest BCUT2D eigenvalue weighted by Crippen LogP contribution is 2.41. The molecule has 1 aliphatic carbocycles. The number of aromatic nitrogens is 2. The SMILES string of the molecule is COCc1ccc(C2CCC2)c(CN(C(N)=O)c2c3c(nn2-c2ccccc2)CSC3)c1. The molecule has 2 aromatic carbocycles. The molecule has 1 aliphatic heterocycles. The Labute approximate surface area is 192 Å². The number of methoxy groups -OCH3 is 1. The number of carbonyl (C=O) groups is 1. The van der Waals surface area contributed by atoms with Gasteiger partial charge in [-0.25, -0.2) is 9.48 Å². The third-order valence-corrected chi connectivity index (χ3v) is 7.41. The van der Waals surface area contributed by atoms with E-state index in [1.165, 1.54) is 24.8 Å². The Morgan fingerprint density at radius 3 is 2.72 bits per heavy atom. The van der Waals surface area contributed by atoms with Crippen molar-refractivity contribution in [2.45, 2.75) is 49.8 Å². The minimum Gasteiger partial charge on any atom is -0.380 e. The summed E-state index contributed by atoms with van der Waals surface area (Å²) in [5, 5.41) is 4.86. The Hall–Kier alpha value is -2.77. The van der Waals surface area contributed by atoms with Crippen molar-refractivity contribution in [2.24, 2.45) is 5.73 Å². The van der Waals surface area contributed by atoms with Gasteiger partial charge in [-0.3, -0.25) is 4.90 Å². The highest BCUT2D eigenvalue weighted by Gasteiger charge is 2.31. The minimum absolute atomic E-state index is 0.425. The van der Waals surface area contributed by atoms with Crippen LogP contribution in [0.25, 0.3) is 5.69 Å². The number of nitrogens with two attached hydrogens (primary N) is 1. The lowest BCUT2D eigenvalue weighted by atomic mass is 9.78. The van der Waals surface area contributed by atoms with Crippen LogP contribution < -0.4 is 10.6 Å². The van der Waals surface area contributed by atoms with Crippen LogP contribution in [0.3, 0.4) is 0 Å². The summed E-state index contributed by atoms with van der Waals surface area (Å²) in [7, 11) is 1.70. The lowest BCUT2D eigenvalue weighted by Gasteiger charge is -2.30. The lowest BCUT2D eigenvalue weighted by Crippen LogP contribution is -2.37. The van der Waals surface area contributed by atoms with Crippen molar-refractivity contribution in [2.75, 3.05) is 12.0 Å². The van der Waals surface area contributed by atoms with E-state index in [0.717, 1.165) is 45.4 Å². The van der Waals surface area contributed by atoms with E-state index < -0.39 is 6.03 Å². The van der Waals surface area contributed by atoms with E-state index in [1.807, 2.05) is 46.8 Å². The van der Waals surface area contributed by atoms with E-state index >= 15 is 0 Å². The number of carbonyl (C=O) groups excluding carboxylic acids is 1.